The zero-order valence-corrected chi connectivity index (χ0v) is 38.6. The summed E-state index contributed by atoms with van der Waals surface area (Å²) in [6, 6.07) is 12.7. The molecule has 3 N–H and O–H groups in total. The highest BCUT2D eigenvalue weighted by Crippen LogP contribution is 2.55. The Hall–Kier alpha value is -6.86. The van der Waals surface area contributed by atoms with E-state index in [9.17, 15) is 25.1 Å². The molecule has 13 nitrogen and oxygen atoms in total. The minimum Gasteiger partial charge on any atom is -0.511 e. The second kappa shape index (κ2) is 15.6. The molecule has 4 atom stereocenters. The van der Waals surface area contributed by atoms with E-state index in [1.807, 2.05) is 56.4 Å². The first-order valence-corrected chi connectivity index (χ1v) is 22.9. The molecule has 0 radical (unpaired) electrons. The van der Waals surface area contributed by atoms with Crippen molar-refractivity contribution in [2.45, 2.75) is 98.3 Å². The standard InChI is InChI=1S/C53H54N6O7/c1-9-34-27(2)38-26-43-48(31(6)60)29(4)40(55-43)24-39-28(3)35(50(56-39)36-23-45(61)49-30(5)41(57-51(36)49)25-42(34)54-38)15-17-47(62)65-21-20-58-44-13-11-10-12-37(44)52(7,8)53(58)19-18-32-22-33(59(63)64)14-16-46(32)66-53/h10-14,16,18-19,22,24-26,28,31,35,56,60-61H,9,15,17,20-21,23H2,1-8H3/t28-,31-,35-,53?/m0/s1. The summed E-state index contributed by atoms with van der Waals surface area (Å²) in [6.45, 7) is 16.7. The van der Waals surface area contributed by atoms with Crippen LogP contribution in [0.15, 0.2) is 155 Å². The quantitative estimate of drug-likeness (QED) is 0.126. The van der Waals surface area contributed by atoms with Crippen LogP contribution in [0, 0.1) is 22.0 Å². The van der Waals surface area contributed by atoms with Gasteiger partial charge in [-0.2, -0.15) is 0 Å². The van der Waals surface area contributed by atoms with E-state index in [-0.39, 0.29) is 42.3 Å². The van der Waals surface area contributed by atoms with E-state index in [4.69, 9.17) is 24.5 Å². The number of fused-ring (bicyclic) bond motifs is 7. The number of esters is 1. The third-order valence-corrected chi connectivity index (χ3v) is 14.9. The maximum Gasteiger partial charge on any atom is 0.305 e. The number of anilines is 1. The number of ether oxygens (including phenoxy) is 2. The second-order valence-electron chi connectivity index (χ2n) is 18.9. The molecule has 338 valence electrons. The van der Waals surface area contributed by atoms with E-state index in [1.165, 1.54) is 12.1 Å². The van der Waals surface area contributed by atoms with E-state index in [0.717, 1.165) is 96.6 Å². The van der Waals surface area contributed by atoms with Crippen molar-refractivity contribution in [2.75, 3.05) is 18.1 Å². The molecule has 1 saturated heterocycles. The Morgan fingerprint density at radius 1 is 1.05 bits per heavy atom. The normalized spacial score (nSPS) is 24.8. The van der Waals surface area contributed by atoms with E-state index in [1.54, 1.807) is 13.0 Å². The Bertz CT molecular complexity index is 2980. The van der Waals surface area contributed by atoms with Gasteiger partial charge in [0.1, 0.15) is 18.1 Å². The van der Waals surface area contributed by atoms with Crippen molar-refractivity contribution in [3.8, 4) is 5.75 Å². The van der Waals surface area contributed by atoms with Crippen LogP contribution in [0.25, 0.3) is 6.08 Å². The first kappa shape index (κ1) is 43.1. The smallest absolute Gasteiger partial charge is 0.305 e. The van der Waals surface area contributed by atoms with Gasteiger partial charge in [-0.1, -0.05) is 32.0 Å². The van der Waals surface area contributed by atoms with E-state index < -0.39 is 22.2 Å². The first-order valence-electron chi connectivity index (χ1n) is 22.9. The highest BCUT2D eigenvalue weighted by atomic mass is 16.6. The van der Waals surface area contributed by atoms with Crippen LogP contribution in [0.5, 0.6) is 5.75 Å². The molecular weight excluding hydrogens is 833 g/mol. The van der Waals surface area contributed by atoms with Crippen LogP contribution >= 0.6 is 0 Å². The second-order valence-corrected chi connectivity index (χ2v) is 18.9. The van der Waals surface area contributed by atoms with Crippen LogP contribution in [-0.4, -0.2) is 63.2 Å². The molecule has 1 spiro atoms. The summed E-state index contributed by atoms with van der Waals surface area (Å²) in [5, 5.41) is 37.9. The lowest BCUT2D eigenvalue weighted by Gasteiger charge is -2.47. The summed E-state index contributed by atoms with van der Waals surface area (Å²) in [5.74, 6) is 0.257. The van der Waals surface area contributed by atoms with Crippen molar-refractivity contribution >= 4 is 40.6 Å². The van der Waals surface area contributed by atoms with Crippen LogP contribution in [0.2, 0.25) is 0 Å². The molecule has 0 aromatic heterocycles. The maximum atomic E-state index is 13.9. The number of nitro benzene ring substituents is 1. The number of hydrogen-bond acceptors (Lipinski definition) is 12. The number of allylic oxidation sites excluding steroid dienone is 11. The highest BCUT2D eigenvalue weighted by molar-refractivity contribution is 6.21. The SMILES string of the molecule is CCC1=C(C)C2=NC1=CC1=C(C)C3=C(O)CC(=C4NC(=CC5=NC(=C2)C([C@H](C)O)=C5C)[C@@H](C)[C@@H]4CCC(=O)OCCN2c4ccccc4C(C)(C)C24C=Cc2cc([N+](=O)[O-])ccc2O4)C3=N1. The van der Waals surface area contributed by atoms with E-state index in [2.05, 4.69) is 57.0 Å². The lowest BCUT2D eigenvalue weighted by molar-refractivity contribution is -0.384. The van der Waals surface area contributed by atoms with Gasteiger partial charge in [0.05, 0.1) is 57.2 Å². The van der Waals surface area contributed by atoms with Crippen LogP contribution in [0.3, 0.4) is 0 Å². The number of aliphatic hydroxyl groups is 2. The molecule has 8 bridgehead atoms. The zero-order valence-electron chi connectivity index (χ0n) is 38.6. The number of carbonyl (C=O) groups is 1. The summed E-state index contributed by atoms with van der Waals surface area (Å²) >= 11 is 0. The summed E-state index contributed by atoms with van der Waals surface area (Å²) in [4.78, 5) is 42.5. The minimum absolute atomic E-state index is 0.0112. The minimum atomic E-state index is -0.990. The average molecular weight is 887 g/mol. The van der Waals surface area contributed by atoms with Gasteiger partial charge in [0.15, 0.2) is 0 Å². The van der Waals surface area contributed by atoms with Crippen LogP contribution in [0.4, 0.5) is 11.4 Å². The van der Waals surface area contributed by atoms with Crippen LogP contribution in [-0.2, 0) is 14.9 Å². The van der Waals surface area contributed by atoms with Gasteiger partial charge in [-0.15, -0.1) is 0 Å². The monoisotopic (exact) mass is 886 g/mol. The number of rotatable bonds is 9. The highest BCUT2D eigenvalue weighted by Gasteiger charge is 2.59. The topological polar surface area (TPSA) is 171 Å². The van der Waals surface area contributed by atoms with Crippen LogP contribution in [0.1, 0.15) is 92.2 Å². The fourth-order valence-corrected chi connectivity index (χ4v) is 11.2. The summed E-state index contributed by atoms with van der Waals surface area (Å²) in [6.07, 6.45) is 10.8. The van der Waals surface area contributed by atoms with Crippen molar-refractivity contribution in [3.05, 3.63) is 161 Å². The predicted octanol–water partition coefficient (Wildman–Crippen LogP) is 9.87. The molecule has 2 aromatic carbocycles. The van der Waals surface area contributed by atoms with Crippen molar-refractivity contribution in [1.29, 1.82) is 0 Å². The average Bonchev–Trinajstić information content (AvgIpc) is 4.07. The Labute approximate surface area is 384 Å². The third kappa shape index (κ3) is 6.52. The number of non-ortho nitro benzene ring substituents is 1. The Kier molecular flexibility index (Phi) is 10.2. The van der Waals surface area contributed by atoms with Gasteiger partial charge in [0.25, 0.3) is 5.69 Å². The zero-order chi connectivity index (χ0) is 46.6. The molecule has 7 heterocycles. The number of para-hydroxylation sites is 1. The fraction of sp³-hybridized carbons (Fsp3) is 0.358. The predicted molar refractivity (Wildman–Crippen MR) is 256 cm³/mol. The summed E-state index contributed by atoms with van der Waals surface area (Å²) < 4.78 is 12.9. The number of nitro groups is 1. The first-order chi connectivity index (χ1) is 31.5. The van der Waals surface area contributed by atoms with Gasteiger partial charge < -0.3 is 29.9 Å². The molecular formula is C53H54N6O7. The van der Waals surface area contributed by atoms with E-state index >= 15 is 0 Å². The summed E-state index contributed by atoms with van der Waals surface area (Å²) in [7, 11) is 0. The molecule has 0 saturated carbocycles. The molecule has 66 heavy (non-hydrogen) atoms. The van der Waals surface area contributed by atoms with Gasteiger partial charge in [0, 0.05) is 76.2 Å². The molecule has 1 fully saturated rings. The van der Waals surface area contributed by atoms with Crippen molar-refractivity contribution in [3.63, 3.8) is 0 Å². The number of nitrogens with one attached hydrogen (secondary N) is 1. The largest absolute Gasteiger partial charge is 0.511 e. The van der Waals surface area contributed by atoms with Gasteiger partial charge in [0.2, 0.25) is 5.72 Å². The van der Waals surface area contributed by atoms with Crippen molar-refractivity contribution < 1.29 is 29.4 Å². The molecule has 1 unspecified atom stereocenters. The van der Waals surface area contributed by atoms with Gasteiger partial charge in [-0.25, -0.2) is 15.0 Å². The molecule has 8 aliphatic rings. The number of nitrogens with zero attached hydrogens (tertiary/aromatic N) is 5. The fourth-order valence-electron chi connectivity index (χ4n) is 11.2. The maximum absolute atomic E-state index is 13.9. The molecule has 1 aliphatic carbocycles. The number of aliphatic hydroxyl groups excluding tert-OH is 2. The molecule has 7 aliphatic heterocycles. The van der Waals surface area contributed by atoms with Crippen molar-refractivity contribution in [1.82, 2.24) is 5.32 Å². The lowest BCUT2D eigenvalue weighted by atomic mass is 9.76. The molecule has 10 rings (SSSR count). The van der Waals surface area contributed by atoms with Gasteiger partial charge >= 0.3 is 5.97 Å². The van der Waals surface area contributed by atoms with Crippen LogP contribution < -0.4 is 15.0 Å². The Morgan fingerprint density at radius 2 is 1.80 bits per heavy atom. The molecule has 2 aromatic rings. The number of benzene rings is 2. The van der Waals surface area contributed by atoms with Gasteiger partial charge in [-0.05, 0) is 125 Å². The summed E-state index contributed by atoms with van der Waals surface area (Å²) in [5.41, 5.74) is 13.8. The van der Waals surface area contributed by atoms with Gasteiger partial charge in [-0.3, -0.25) is 14.9 Å². The number of carbonyl (C=O) groups excluding carboxylic acids is 1. The number of hydrogen-bond donors (Lipinski definition) is 3. The lowest BCUT2D eigenvalue weighted by Crippen LogP contribution is -2.60. The third-order valence-electron chi connectivity index (χ3n) is 14.9. The van der Waals surface area contributed by atoms with Crippen molar-refractivity contribution in [2.24, 2.45) is 26.8 Å². The molecule has 13 heteroatoms. The Morgan fingerprint density at radius 3 is 2.56 bits per heavy atom. The Balaban J connectivity index is 0.938. The number of aliphatic imine (C=N–C) groups is 3. The molecule has 0 amide bonds. The van der Waals surface area contributed by atoms with E-state index in [0.29, 0.717) is 36.4 Å².